The van der Waals surface area contributed by atoms with Gasteiger partial charge in [0, 0.05) is 27.8 Å². The average Bonchev–Trinajstić information content (AvgIpc) is 3.55. The fourth-order valence-corrected chi connectivity index (χ4v) is 7.05. The molecule has 9 rings (SSSR count). The molecule has 0 unspecified atom stereocenters. The number of hydrogen-bond donors (Lipinski definition) is 0. The van der Waals surface area contributed by atoms with E-state index in [1.54, 1.807) is 0 Å². The molecule has 9 aromatic rings. The van der Waals surface area contributed by atoms with E-state index in [2.05, 4.69) is 193 Å². The molecule has 0 N–H and O–H groups in total. The summed E-state index contributed by atoms with van der Waals surface area (Å²) in [6.07, 6.45) is 0. The van der Waals surface area contributed by atoms with E-state index in [0.717, 1.165) is 50.1 Å². The lowest BCUT2D eigenvalue weighted by Crippen LogP contribution is -2.09. The minimum absolute atomic E-state index is 0.894. The molecule has 1 heterocycles. The molecule has 0 aliphatic heterocycles. The van der Waals surface area contributed by atoms with Gasteiger partial charge in [-0.2, -0.15) is 0 Å². The maximum atomic E-state index is 6.60. The van der Waals surface area contributed by atoms with Crippen molar-refractivity contribution in [2.24, 2.45) is 0 Å². The van der Waals surface area contributed by atoms with Crippen LogP contribution in [0.15, 0.2) is 192 Å². The molecule has 0 bridgehead atoms. The van der Waals surface area contributed by atoms with Crippen LogP contribution in [0.2, 0.25) is 0 Å². The third kappa shape index (κ3) is 4.83. The van der Waals surface area contributed by atoms with E-state index in [4.69, 9.17) is 4.42 Å². The first-order valence-electron chi connectivity index (χ1n) is 16.4. The van der Waals surface area contributed by atoms with Crippen molar-refractivity contribution in [2.75, 3.05) is 4.90 Å². The maximum absolute atomic E-state index is 6.60. The standard InChI is InChI=1S/C46H31NO/c1-4-14-32(15-5-1)35-18-12-21-38(30-35)47(36-19-8-3-9-20-36)37-28-26-34(27-29-37)39-24-13-25-43-45(39)46-41-23-11-10-22-40(41)42(31-44(46)48-43)33-16-6-2-7-17-33/h1-31H. The first-order chi connectivity index (χ1) is 23.8. The second kappa shape index (κ2) is 11.8. The van der Waals surface area contributed by atoms with Gasteiger partial charge in [-0.25, -0.2) is 0 Å². The van der Waals surface area contributed by atoms with E-state index in [9.17, 15) is 0 Å². The average molecular weight is 614 g/mol. The van der Waals surface area contributed by atoms with Crippen LogP contribution in [-0.2, 0) is 0 Å². The summed E-state index contributed by atoms with van der Waals surface area (Å²) in [6, 6.07) is 66.7. The van der Waals surface area contributed by atoms with Crippen LogP contribution in [0.3, 0.4) is 0 Å². The van der Waals surface area contributed by atoms with E-state index < -0.39 is 0 Å². The van der Waals surface area contributed by atoms with Gasteiger partial charge < -0.3 is 9.32 Å². The van der Waals surface area contributed by atoms with Crippen molar-refractivity contribution >= 4 is 49.8 Å². The molecule has 0 fully saturated rings. The molecule has 1 aromatic heterocycles. The van der Waals surface area contributed by atoms with Crippen LogP contribution in [0.25, 0.3) is 66.1 Å². The summed E-state index contributed by atoms with van der Waals surface area (Å²) in [5.41, 5.74) is 12.2. The highest BCUT2D eigenvalue weighted by Crippen LogP contribution is 2.44. The third-order valence-corrected chi connectivity index (χ3v) is 9.25. The summed E-state index contributed by atoms with van der Waals surface area (Å²) in [6.45, 7) is 0. The number of furan rings is 1. The van der Waals surface area contributed by atoms with Crippen LogP contribution in [0.5, 0.6) is 0 Å². The largest absolute Gasteiger partial charge is 0.456 e. The Hall–Kier alpha value is -6.38. The van der Waals surface area contributed by atoms with Gasteiger partial charge in [0.1, 0.15) is 11.2 Å². The van der Waals surface area contributed by atoms with Crippen molar-refractivity contribution in [3.05, 3.63) is 188 Å². The van der Waals surface area contributed by atoms with Crippen molar-refractivity contribution in [2.45, 2.75) is 0 Å². The Morgan fingerprint density at radius 1 is 0.312 bits per heavy atom. The van der Waals surface area contributed by atoms with Crippen LogP contribution < -0.4 is 4.90 Å². The van der Waals surface area contributed by atoms with Crippen LogP contribution in [0, 0.1) is 0 Å². The zero-order valence-electron chi connectivity index (χ0n) is 26.3. The van der Waals surface area contributed by atoms with E-state index in [-0.39, 0.29) is 0 Å². The second-order valence-electron chi connectivity index (χ2n) is 12.1. The van der Waals surface area contributed by atoms with Crippen LogP contribution in [0.1, 0.15) is 0 Å². The Kier molecular flexibility index (Phi) is 6.84. The molecular formula is C46H31NO. The molecule has 0 saturated carbocycles. The molecule has 8 aromatic carbocycles. The normalized spacial score (nSPS) is 11.3. The molecule has 2 heteroatoms. The molecular weight excluding hydrogens is 583 g/mol. The lowest BCUT2D eigenvalue weighted by molar-refractivity contribution is 0.669. The predicted octanol–water partition coefficient (Wildman–Crippen LogP) is 13.2. The fourth-order valence-electron chi connectivity index (χ4n) is 7.05. The molecule has 0 radical (unpaired) electrons. The van der Waals surface area contributed by atoms with Gasteiger partial charge in [0.25, 0.3) is 0 Å². The number of anilines is 3. The lowest BCUT2D eigenvalue weighted by atomic mass is 9.92. The highest BCUT2D eigenvalue weighted by atomic mass is 16.3. The smallest absolute Gasteiger partial charge is 0.136 e. The van der Waals surface area contributed by atoms with E-state index in [0.29, 0.717) is 0 Å². The third-order valence-electron chi connectivity index (χ3n) is 9.25. The summed E-state index contributed by atoms with van der Waals surface area (Å²) >= 11 is 0. The van der Waals surface area contributed by atoms with Gasteiger partial charge in [-0.3, -0.25) is 0 Å². The van der Waals surface area contributed by atoms with E-state index in [1.165, 1.54) is 33.0 Å². The minimum atomic E-state index is 0.894. The monoisotopic (exact) mass is 613 g/mol. The number of nitrogens with zero attached hydrogens (tertiary/aromatic N) is 1. The van der Waals surface area contributed by atoms with E-state index in [1.807, 2.05) is 0 Å². The molecule has 48 heavy (non-hydrogen) atoms. The SMILES string of the molecule is c1ccc(-c2cccc(N(c3ccccc3)c3ccc(-c4cccc5oc6cc(-c7ccccc7)c7ccccc7c6c45)cc3)c2)cc1. The highest BCUT2D eigenvalue weighted by Gasteiger charge is 2.19. The first-order valence-corrected chi connectivity index (χ1v) is 16.4. The number of benzene rings is 8. The quantitative estimate of drug-likeness (QED) is 0.185. The van der Waals surface area contributed by atoms with Gasteiger partial charge in [-0.05, 0) is 92.7 Å². The topological polar surface area (TPSA) is 16.4 Å². The Morgan fingerprint density at radius 2 is 0.875 bits per heavy atom. The molecule has 0 aliphatic carbocycles. The zero-order chi connectivity index (χ0) is 31.9. The molecule has 0 atom stereocenters. The van der Waals surface area contributed by atoms with Crippen molar-refractivity contribution < 1.29 is 4.42 Å². The molecule has 0 aliphatic rings. The van der Waals surface area contributed by atoms with Gasteiger partial charge in [0.15, 0.2) is 0 Å². The summed E-state index contributed by atoms with van der Waals surface area (Å²) in [5.74, 6) is 0. The molecule has 0 saturated heterocycles. The fraction of sp³-hybridized carbons (Fsp3) is 0. The summed E-state index contributed by atoms with van der Waals surface area (Å²) in [5, 5.41) is 4.72. The highest BCUT2D eigenvalue weighted by molar-refractivity contribution is 6.25. The second-order valence-corrected chi connectivity index (χ2v) is 12.1. The predicted molar refractivity (Wildman–Crippen MR) is 202 cm³/mol. The van der Waals surface area contributed by atoms with Gasteiger partial charge in [-0.15, -0.1) is 0 Å². The van der Waals surface area contributed by atoms with Crippen molar-refractivity contribution in [3.8, 4) is 33.4 Å². The number of fused-ring (bicyclic) bond motifs is 5. The van der Waals surface area contributed by atoms with Gasteiger partial charge in [0.05, 0.1) is 0 Å². The minimum Gasteiger partial charge on any atom is -0.456 e. The summed E-state index contributed by atoms with van der Waals surface area (Å²) < 4.78 is 6.60. The van der Waals surface area contributed by atoms with Crippen LogP contribution in [-0.4, -0.2) is 0 Å². The van der Waals surface area contributed by atoms with Gasteiger partial charge in [0.2, 0.25) is 0 Å². The molecule has 0 spiro atoms. The number of para-hydroxylation sites is 1. The Labute approximate surface area is 279 Å². The van der Waals surface area contributed by atoms with Gasteiger partial charge >= 0.3 is 0 Å². The van der Waals surface area contributed by atoms with Crippen molar-refractivity contribution in [1.82, 2.24) is 0 Å². The number of rotatable bonds is 6. The maximum Gasteiger partial charge on any atom is 0.136 e. The molecule has 226 valence electrons. The summed E-state index contributed by atoms with van der Waals surface area (Å²) in [4.78, 5) is 2.32. The van der Waals surface area contributed by atoms with Crippen molar-refractivity contribution in [3.63, 3.8) is 0 Å². The summed E-state index contributed by atoms with van der Waals surface area (Å²) in [7, 11) is 0. The zero-order valence-corrected chi connectivity index (χ0v) is 26.3. The first kappa shape index (κ1) is 27.9. The number of hydrogen-bond acceptors (Lipinski definition) is 2. The Balaban J connectivity index is 1.18. The van der Waals surface area contributed by atoms with Crippen LogP contribution >= 0.6 is 0 Å². The Bertz CT molecular complexity index is 2530. The van der Waals surface area contributed by atoms with Gasteiger partial charge in [-0.1, -0.05) is 140 Å². The van der Waals surface area contributed by atoms with Crippen LogP contribution in [0.4, 0.5) is 17.1 Å². The van der Waals surface area contributed by atoms with E-state index >= 15 is 0 Å². The lowest BCUT2D eigenvalue weighted by Gasteiger charge is -2.26. The van der Waals surface area contributed by atoms with Crippen molar-refractivity contribution in [1.29, 1.82) is 0 Å². The molecule has 2 nitrogen and oxygen atoms in total. The Morgan fingerprint density at radius 3 is 1.62 bits per heavy atom. The molecule has 0 amide bonds.